The monoisotopic (exact) mass is 249 g/mol. The average Bonchev–Trinajstić information content (AvgIpc) is 2.26. The van der Waals surface area contributed by atoms with Crippen molar-refractivity contribution in [1.29, 1.82) is 0 Å². The lowest BCUT2D eigenvalue weighted by atomic mass is 9.98. The van der Waals surface area contributed by atoms with Gasteiger partial charge < -0.3 is 15.6 Å². The Kier molecular flexibility index (Phi) is 3.95. The van der Waals surface area contributed by atoms with Crippen molar-refractivity contribution in [1.82, 2.24) is 0 Å². The molecule has 0 amide bonds. The molecular weight excluding hydrogens is 239 g/mol. The highest BCUT2D eigenvalue weighted by Crippen LogP contribution is 2.30. The second kappa shape index (κ2) is 5.05. The summed E-state index contributed by atoms with van der Waals surface area (Å²) in [5.74, 6) is -8.00. The van der Waals surface area contributed by atoms with Gasteiger partial charge in [-0.3, -0.25) is 4.79 Å². The van der Waals surface area contributed by atoms with E-state index in [-0.39, 0.29) is 0 Å². The van der Waals surface area contributed by atoms with Crippen LogP contribution in [0, 0.1) is 17.5 Å². The van der Waals surface area contributed by atoms with Crippen molar-refractivity contribution in [2.75, 3.05) is 13.7 Å². The SMILES string of the molecule is COc1c(F)c(F)cc(C(CN)C(=O)O)c1F. The van der Waals surface area contributed by atoms with Crippen LogP contribution in [0.4, 0.5) is 13.2 Å². The van der Waals surface area contributed by atoms with Gasteiger partial charge in [-0.1, -0.05) is 0 Å². The molecule has 0 aliphatic rings. The van der Waals surface area contributed by atoms with E-state index < -0.39 is 47.2 Å². The summed E-state index contributed by atoms with van der Waals surface area (Å²) in [4.78, 5) is 10.8. The number of rotatable bonds is 4. The summed E-state index contributed by atoms with van der Waals surface area (Å²) in [5, 5.41) is 8.77. The van der Waals surface area contributed by atoms with Crippen LogP contribution in [0.1, 0.15) is 11.5 Å². The van der Waals surface area contributed by atoms with Crippen molar-refractivity contribution in [2.45, 2.75) is 5.92 Å². The van der Waals surface area contributed by atoms with Gasteiger partial charge in [0, 0.05) is 12.1 Å². The zero-order chi connectivity index (χ0) is 13.2. The van der Waals surface area contributed by atoms with Gasteiger partial charge in [0.1, 0.15) is 0 Å². The van der Waals surface area contributed by atoms with Gasteiger partial charge in [0.25, 0.3) is 0 Å². The molecule has 0 radical (unpaired) electrons. The van der Waals surface area contributed by atoms with Crippen molar-refractivity contribution in [3.8, 4) is 5.75 Å². The molecule has 1 atom stereocenters. The Morgan fingerprint density at radius 2 is 2.06 bits per heavy atom. The molecule has 4 nitrogen and oxygen atoms in total. The Labute approximate surface area is 94.8 Å². The number of hydrogen-bond donors (Lipinski definition) is 2. The van der Waals surface area contributed by atoms with Gasteiger partial charge in [0.2, 0.25) is 5.82 Å². The van der Waals surface area contributed by atoms with Crippen molar-refractivity contribution in [3.05, 3.63) is 29.1 Å². The molecule has 7 heteroatoms. The second-order valence-corrected chi connectivity index (χ2v) is 3.24. The number of carboxylic acid groups (broad SMARTS) is 1. The van der Waals surface area contributed by atoms with Crippen LogP contribution in [-0.2, 0) is 4.79 Å². The van der Waals surface area contributed by atoms with Gasteiger partial charge in [-0.2, -0.15) is 4.39 Å². The Bertz CT molecular complexity index is 451. The normalized spacial score (nSPS) is 12.3. The van der Waals surface area contributed by atoms with Gasteiger partial charge in [0.15, 0.2) is 17.4 Å². The van der Waals surface area contributed by atoms with Crippen LogP contribution in [0.25, 0.3) is 0 Å². The van der Waals surface area contributed by atoms with E-state index in [4.69, 9.17) is 10.8 Å². The molecule has 1 unspecified atom stereocenters. The Morgan fingerprint density at radius 1 is 1.47 bits per heavy atom. The summed E-state index contributed by atoms with van der Waals surface area (Å²) in [6.07, 6.45) is 0. The quantitative estimate of drug-likeness (QED) is 0.787. The summed E-state index contributed by atoms with van der Waals surface area (Å²) < 4.78 is 44.2. The topological polar surface area (TPSA) is 72.5 Å². The average molecular weight is 249 g/mol. The third-order valence-corrected chi connectivity index (χ3v) is 2.26. The molecule has 0 saturated carbocycles. The van der Waals surface area contributed by atoms with Gasteiger partial charge in [-0.15, -0.1) is 0 Å². The van der Waals surface area contributed by atoms with Crippen LogP contribution in [0.2, 0.25) is 0 Å². The Balaban J connectivity index is 3.44. The van der Waals surface area contributed by atoms with Crippen LogP contribution >= 0.6 is 0 Å². The molecule has 3 N–H and O–H groups in total. The van der Waals surface area contributed by atoms with Crippen molar-refractivity contribution < 1.29 is 27.8 Å². The molecule has 1 rings (SSSR count). The third-order valence-electron chi connectivity index (χ3n) is 2.26. The number of benzene rings is 1. The molecule has 0 bridgehead atoms. The number of methoxy groups -OCH3 is 1. The summed E-state index contributed by atoms with van der Waals surface area (Å²) in [6.45, 7) is -0.444. The molecule has 0 aliphatic carbocycles. The van der Waals surface area contributed by atoms with E-state index in [0.29, 0.717) is 6.07 Å². The van der Waals surface area contributed by atoms with E-state index in [0.717, 1.165) is 7.11 Å². The predicted octanol–water partition coefficient (Wildman–Crippen LogP) is 1.24. The molecule has 17 heavy (non-hydrogen) atoms. The molecular formula is C10H10F3NO3. The number of aliphatic carboxylic acids is 1. The van der Waals surface area contributed by atoms with Gasteiger partial charge >= 0.3 is 5.97 Å². The lowest BCUT2D eigenvalue weighted by Gasteiger charge is -2.14. The lowest BCUT2D eigenvalue weighted by Crippen LogP contribution is -2.23. The minimum Gasteiger partial charge on any atom is -0.491 e. The second-order valence-electron chi connectivity index (χ2n) is 3.24. The van der Waals surface area contributed by atoms with Crippen LogP contribution in [0.5, 0.6) is 5.75 Å². The highest BCUT2D eigenvalue weighted by Gasteiger charge is 2.27. The first-order chi connectivity index (χ1) is 7.93. The van der Waals surface area contributed by atoms with Gasteiger partial charge in [0.05, 0.1) is 13.0 Å². The summed E-state index contributed by atoms with van der Waals surface area (Å²) in [7, 11) is 0.947. The number of carboxylic acids is 1. The molecule has 0 saturated heterocycles. The number of carbonyl (C=O) groups is 1. The standard InChI is InChI=1S/C10H10F3NO3/c1-17-9-7(12)4(2-6(11)8(9)13)5(3-14)10(15)16/h2,5H,3,14H2,1H3,(H,15,16). The molecule has 0 aliphatic heterocycles. The van der Waals surface area contributed by atoms with Gasteiger partial charge in [-0.05, 0) is 6.07 Å². The zero-order valence-electron chi connectivity index (χ0n) is 8.84. The molecule has 1 aromatic rings. The van der Waals surface area contributed by atoms with Crippen molar-refractivity contribution in [2.24, 2.45) is 5.73 Å². The highest BCUT2D eigenvalue weighted by molar-refractivity contribution is 5.76. The fraction of sp³-hybridized carbons (Fsp3) is 0.300. The van der Waals surface area contributed by atoms with E-state index in [1.807, 2.05) is 0 Å². The number of nitrogens with two attached hydrogens (primary N) is 1. The van der Waals surface area contributed by atoms with E-state index in [1.165, 1.54) is 0 Å². The number of hydrogen-bond acceptors (Lipinski definition) is 3. The molecule has 94 valence electrons. The third kappa shape index (κ3) is 2.33. The number of ether oxygens (including phenoxy) is 1. The fourth-order valence-corrected chi connectivity index (χ4v) is 1.39. The highest BCUT2D eigenvalue weighted by atomic mass is 19.2. The van der Waals surface area contributed by atoms with E-state index in [1.54, 1.807) is 0 Å². The maximum Gasteiger partial charge on any atom is 0.312 e. The Hall–Kier alpha value is -1.76. The van der Waals surface area contributed by atoms with E-state index in [9.17, 15) is 18.0 Å². The predicted molar refractivity (Wildman–Crippen MR) is 52.3 cm³/mol. The smallest absolute Gasteiger partial charge is 0.312 e. The molecule has 0 fully saturated rings. The lowest BCUT2D eigenvalue weighted by molar-refractivity contribution is -0.138. The van der Waals surface area contributed by atoms with Crippen molar-refractivity contribution in [3.63, 3.8) is 0 Å². The summed E-state index contributed by atoms with van der Waals surface area (Å²) in [5.41, 5.74) is 4.60. The minimum absolute atomic E-state index is 0.444. The minimum atomic E-state index is -1.50. The first-order valence-corrected chi connectivity index (χ1v) is 4.58. The molecule has 0 heterocycles. The maximum atomic E-state index is 13.7. The van der Waals surface area contributed by atoms with Gasteiger partial charge in [-0.25, -0.2) is 8.78 Å². The summed E-state index contributed by atoms with van der Waals surface area (Å²) >= 11 is 0. The zero-order valence-corrected chi connectivity index (χ0v) is 8.84. The Morgan fingerprint density at radius 3 is 2.47 bits per heavy atom. The van der Waals surface area contributed by atoms with Crippen molar-refractivity contribution >= 4 is 5.97 Å². The fourth-order valence-electron chi connectivity index (χ4n) is 1.39. The van der Waals surface area contributed by atoms with E-state index >= 15 is 0 Å². The largest absolute Gasteiger partial charge is 0.491 e. The number of halogens is 3. The van der Waals surface area contributed by atoms with Crippen LogP contribution in [-0.4, -0.2) is 24.7 Å². The molecule has 1 aromatic carbocycles. The molecule has 0 spiro atoms. The maximum absolute atomic E-state index is 13.7. The first-order valence-electron chi connectivity index (χ1n) is 4.58. The van der Waals surface area contributed by atoms with E-state index in [2.05, 4.69) is 4.74 Å². The van der Waals surface area contributed by atoms with Crippen LogP contribution in [0.15, 0.2) is 6.07 Å². The van der Waals surface area contributed by atoms with Crippen LogP contribution in [0.3, 0.4) is 0 Å². The molecule has 0 aromatic heterocycles. The summed E-state index contributed by atoms with van der Waals surface area (Å²) in [6, 6.07) is 0.471. The first kappa shape index (κ1) is 13.3. The van der Waals surface area contributed by atoms with Crippen LogP contribution < -0.4 is 10.5 Å².